The second kappa shape index (κ2) is 9.97. The molecule has 1 fully saturated rings. The summed E-state index contributed by atoms with van der Waals surface area (Å²) < 4.78 is 5.56. The van der Waals surface area contributed by atoms with Gasteiger partial charge in [-0.15, -0.1) is 0 Å². The molecule has 0 atom stereocenters. The van der Waals surface area contributed by atoms with Crippen molar-refractivity contribution in [2.24, 2.45) is 0 Å². The maximum atomic E-state index is 13.6. The Kier molecular flexibility index (Phi) is 6.33. The van der Waals surface area contributed by atoms with E-state index in [2.05, 4.69) is 51.0 Å². The first-order valence-electron chi connectivity index (χ1n) is 13.1. The predicted molar refractivity (Wildman–Crippen MR) is 150 cm³/mol. The Morgan fingerprint density at radius 1 is 1.18 bits per heavy atom. The second-order valence-corrected chi connectivity index (χ2v) is 10.2. The molecule has 1 N–H and O–H groups in total. The van der Waals surface area contributed by atoms with Crippen LogP contribution in [0.25, 0.3) is 28.4 Å². The molecular formula is C30H29N7O2. The second-order valence-electron chi connectivity index (χ2n) is 10.2. The van der Waals surface area contributed by atoms with E-state index >= 15 is 0 Å². The zero-order chi connectivity index (χ0) is 27.1. The van der Waals surface area contributed by atoms with Gasteiger partial charge in [-0.1, -0.05) is 12.2 Å². The summed E-state index contributed by atoms with van der Waals surface area (Å²) in [6.45, 7) is 1.87. The lowest BCUT2D eigenvalue weighted by molar-refractivity contribution is 0.103. The maximum absolute atomic E-state index is 13.6. The quantitative estimate of drug-likeness (QED) is 0.377. The van der Waals surface area contributed by atoms with Gasteiger partial charge in [-0.3, -0.25) is 4.79 Å². The summed E-state index contributed by atoms with van der Waals surface area (Å²) in [7, 11) is 5.80. The SMILES string of the molecule is COc1ncc2c(c1-c1cc(C(=O)c3nc4nc(N5CCC(N(C)C)CC5)ccc4[nH]3)ccc1C#N)C=CC2. The topological polar surface area (TPSA) is 111 Å². The van der Waals surface area contributed by atoms with Crippen LogP contribution in [-0.2, 0) is 6.42 Å². The van der Waals surface area contributed by atoms with Gasteiger partial charge in [-0.2, -0.15) is 5.26 Å². The van der Waals surface area contributed by atoms with Crippen molar-refractivity contribution >= 4 is 28.8 Å². The van der Waals surface area contributed by atoms with Gasteiger partial charge in [-0.05, 0) is 74.8 Å². The first-order chi connectivity index (χ1) is 19.0. The van der Waals surface area contributed by atoms with Crippen molar-refractivity contribution < 1.29 is 9.53 Å². The van der Waals surface area contributed by atoms with Gasteiger partial charge in [0.05, 0.1) is 29.8 Å². The molecule has 2 aliphatic rings. The standard InChI is InChI=1S/C30H29N7O2/c1-36(2)21-11-13-37(14-12-21)25-10-9-24-28(34-25)35-29(33-24)27(38)18-7-8-19(16-31)23(15-18)26-22-6-4-5-20(22)17-32-30(26)39-3/h4,6-10,15,17,21H,5,11-14H2,1-3H3,(H,33,34,35). The van der Waals surface area contributed by atoms with Gasteiger partial charge in [-0.25, -0.2) is 15.0 Å². The van der Waals surface area contributed by atoms with E-state index < -0.39 is 0 Å². The number of rotatable bonds is 6. The van der Waals surface area contributed by atoms with Crippen LogP contribution in [0.5, 0.6) is 5.88 Å². The van der Waals surface area contributed by atoms with E-state index in [-0.39, 0.29) is 11.6 Å². The third-order valence-corrected chi connectivity index (χ3v) is 7.72. The lowest BCUT2D eigenvalue weighted by atomic mass is 9.93. The molecule has 39 heavy (non-hydrogen) atoms. The number of hydrogen-bond acceptors (Lipinski definition) is 8. The number of nitrogens with one attached hydrogen (secondary N) is 1. The van der Waals surface area contributed by atoms with Crippen LogP contribution in [0.15, 0.2) is 42.6 Å². The Morgan fingerprint density at radius 2 is 2.00 bits per heavy atom. The molecule has 0 amide bonds. The van der Waals surface area contributed by atoms with Crippen LogP contribution in [0.4, 0.5) is 5.82 Å². The van der Waals surface area contributed by atoms with E-state index in [1.165, 1.54) is 0 Å². The lowest BCUT2D eigenvalue weighted by Gasteiger charge is -2.35. The maximum Gasteiger partial charge on any atom is 0.228 e. The van der Waals surface area contributed by atoms with Crippen LogP contribution < -0.4 is 9.64 Å². The minimum Gasteiger partial charge on any atom is -0.481 e. The fourth-order valence-corrected chi connectivity index (χ4v) is 5.52. The Bertz CT molecular complexity index is 1660. The number of nitriles is 1. The van der Waals surface area contributed by atoms with Gasteiger partial charge in [0.15, 0.2) is 11.5 Å². The number of allylic oxidation sites excluding steroid dienone is 1. The number of carbonyl (C=O) groups excluding carboxylic acids is 1. The van der Waals surface area contributed by atoms with Gasteiger partial charge in [0.25, 0.3) is 0 Å². The number of pyridine rings is 2. The number of carbonyl (C=O) groups is 1. The van der Waals surface area contributed by atoms with Gasteiger partial charge in [0, 0.05) is 36.5 Å². The third kappa shape index (κ3) is 4.43. The number of ketones is 1. The number of anilines is 1. The highest BCUT2D eigenvalue weighted by atomic mass is 16.5. The van der Waals surface area contributed by atoms with E-state index in [0.29, 0.717) is 45.3 Å². The lowest BCUT2D eigenvalue weighted by Crippen LogP contribution is -2.42. The molecule has 1 aliphatic carbocycles. The van der Waals surface area contributed by atoms with Crippen LogP contribution in [0, 0.1) is 11.3 Å². The van der Waals surface area contributed by atoms with Gasteiger partial charge in [0.1, 0.15) is 5.82 Å². The number of aromatic nitrogens is 4. The largest absolute Gasteiger partial charge is 0.481 e. The molecule has 4 heterocycles. The Balaban J connectivity index is 1.33. The van der Waals surface area contributed by atoms with E-state index in [9.17, 15) is 10.1 Å². The Morgan fingerprint density at radius 3 is 2.74 bits per heavy atom. The van der Waals surface area contributed by atoms with Gasteiger partial charge >= 0.3 is 0 Å². The van der Waals surface area contributed by atoms with E-state index in [4.69, 9.17) is 9.72 Å². The van der Waals surface area contributed by atoms with Gasteiger partial charge < -0.3 is 19.5 Å². The normalized spacial score (nSPS) is 15.1. The molecule has 1 aromatic carbocycles. The molecule has 4 aromatic rings. The van der Waals surface area contributed by atoms with E-state index in [0.717, 1.165) is 49.3 Å². The van der Waals surface area contributed by atoms with Crippen LogP contribution in [0.3, 0.4) is 0 Å². The molecule has 1 aliphatic heterocycles. The van der Waals surface area contributed by atoms with Crippen molar-refractivity contribution in [3.05, 3.63) is 70.7 Å². The summed E-state index contributed by atoms with van der Waals surface area (Å²) >= 11 is 0. The molecule has 9 heteroatoms. The molecule has 0 unspecified atom stereocenters. The zero-order valence-electron chi connectivity index (χ0n) is 22.2. The first-order valence-corrected chi connectivity index (χ1v) is 13.1. The van der Waals surface area contributed by atoms with Crippen LogP contribution in [0.1, 0.15) is 45.7 Å². The van der Waals surface area contributed by atoms with Crippen LogP contribution >= 0.6 is 0 Å². The Labute approximate surface area is 226 Å². The summed E-state index contributed by atoms with van der Waals surface area (Å²) in [4.78, 5) is 35.1. The number of methoxy groups -OCH3 is 1. The minimum absolute atomic E-state index is 0.208. The van der Waals surface area contributed by atoms with E-state index in [1.54, 1.807) is 31.5 Å². The molecule has 9 nitrogen and oxygen atoms in total. The third-order valence-electron chi connectivity index (χ3n) is 7.72. The van der Waals surface area contributed by atoms with Crippen LogP contribution in [0.2, 0.25) is 0 Å². The number of aromatic amines is 1. The van der Waals surface area contributed by atoms with Crippen molar-refractivity contribution in [2.45, 2.75) is 25.3 Å². The molecule has 3 aromatic heterocycles. The molecule has 6 rings (SSSR count). The molecule has 0 bridgehead atoms. The minimum atomic E-state index is -0.276. The fourth-order valence-electron chi connectivity index (χ4n) is 5.52. The first kappa shape index (κ1) is 24.8. The molecule has 0 radical (unpaired) electrons. The van der Waals surface area contributed by atoms with Crippen molar-refractivity contribution in [3.8, 4) is 23.1 Å². The number of benzene rings is 1. The number of imidazole rings is 1. The van der Waals surface area contributed by atoms with Crippen molar-refractivity contribution in [1.29, 1.82) is 5.26 Å². The smallest absolute Gasteiger partial charge is 0.228 e. The molecule has 0 spiro atoms. The highest BCUT2D eigenvalue weighted by Gasteiger charge is 2.24. The van der Waals surface area contributed by atoms with Crippen molar-refractivity contribution in [3.63, 3.8) is 0 Å². The Hall–Kier alpha value is -4.55. The average Bonchev–Trinajstić information content (AvgIpc) is 3.62. The summed E-state index contributed by atoms with van der Waals surface area (Å²) in [6.07, 6.45) is 8.78. The molecular weight excluding hydrogens is 490 g/mol. The number of ether oxygens (including phenoxy) is 1. The molecule has 1 saturated heterocycles. The number of H-pyrrole nitrogens is 1. The molecule has 196 valence electrons. The fraction of sp³-hybridized carbons (Fsp3) is 0.300. The highest BCUT2D eigenvalue weighted by Crippen LogP contribution is 2.39. The number of piperidine rings is 1. The summed E-state index contributed by atoms with van der Waals surface area (Å²) in [6, 6.07) is 11.8. The van der Waals surface area contributed by atoms with E-state index in [1.807, 2.05) is 18.2 Å². The summed E-state index contributed by atoms with van der Waals surface area (Å²) in [5.41, 5.74) is 5.39. The summed E-state index contributed by atoms with van der Waals surface area (Å²) in [5.74, 6) is 1.22. The van der Waals surface area contributed by atoms with Crippen molar-refractivity contribution in [2.75, 3.05) is 39.2 Å². The number of nitrogens with zero attached hydrogens (tertiary/aromatic N) is 6. The molecule has 0 saturated carbocycles. The van der Waals surface area contributed by atoms with Gasteiger partial charge in [0.2, 0.25) is 11.7 Å². The monoisotopic (exact) mass is 519 g/mol. The number of hydrogen-bond donors (Lipinski definition) is 1. The van der Waals surface area contributed by atoms with Crippen LogP contribution in [-0.4, -0.2) is 71.0 Å². The average molecular weight is 520 g/mol. The summed E-state index contributed by atoms with van der Waals surface area (Å²) in [5, 5.41) is 9.86. The predicted octanol–water partition coefficient (Wildman–Crippen LogP) is 4.23. The highest BCUT2D eigenvalue weighted by molar-refractivity contribution is 6.09. The number of fused-ring (bicyclic) bond motifs is 2. The zero-order valence-corrected chi connectivity index (χ0v) is 22.2. The van der Waals surface area contributed by atoms with Crippen molar-refractivity contribution in [1.82, 2.24) is 24.8 Å².